The molecule has 1 heterocycles. The zero-order valence-corrected chi connectivity index (χ0v) is 17.9. The molecule has 8 nitrogen and oxygen atoms in total. The molecule has 1 aromatic heterocycles. The van der Waals surface area contributed by atoms with Gasteiger partial charge in [0.1, 0.15) is 11.5 Å². The van der Waals surface area contributed by atoms with Crippen molar-refractivity contribution >= 4 is 28.3 Å². The fourth-order valence-electron chi connectivity index (χ4n) is 3.73. The van der Waals surface area contributed by atoms with E-state index < -0.39 is 5.91 Å². The molecule has 4 rings (SSSR count). The van der Waals surface area contributed by atoms with E-state index in [0.717, 1.165) is 10.8 Å². The molecule has 2 amide bonds. The maximum Gasteiger partial charge on any atom is 0.269 e. The summed E-state index contributed by atoms with van der Waals surface area (Å²) >= 11 is 0. The molecule has 0 fully saturated rings. The molecule has 0 radical (unpaired) electrons. The molecule has 8 heteroatoms. The number of amides is 2. The standard InChI is InChI=1S/C24H22N4O4/c1-14(29)26-17-11-12-19(16-8-5-4-7-15(16)17)28-20(13-18(27-28)24(25)30)23-21(31-2)9-6-10-22(23)32-3/h4-13H,1-3H3,(H2,25,30)(H,26,29). The van der Waals surface area contributed by atoms with Gasteiger partial charge in [0.25, 0.3) is 5.91 Å². The SMILES string of the molecule is COc1cccc(OC)c1-c1cc(C(N)=O)nn1-c1ccc(NC(C)=O)c2ccccc12. The lowest BCUT2D eigenvalue weighted by molar-refractivity contribution is -0.114. The summed E-state index contributed by atoms with van der Waals surface area (Å²) < 4.78 is 12.8. The van der Waals surface area contributed by atoms with Gasteiger partial charge in [-0.05, 0) is 30.3 Å². The van der Waals surface area contributed by atoms with Crippen molar-refractivity contribution in [3.05, 3.63) is 66.4 Å². The second-order valence-electron chi connectivity index (χ2n) is 7.09. The van der Waals surface area contributed by atoms with Gasteiger partial charge in [0, 0.05) is 23.4 Å². The Morgan fingerprint density at radius 2 is 1.59 bits per heavy atom. The normalized spacial score (nSPS) is 10.7. The van der Waals surface area contributed by atoms with Gasteiger partial charge in [0.15, 0.2) is 5.69 Å². The number of nitrogens with one attached hydrogen (secondary N) is 1. The average Bonchev–Trinajstić information content (AvgIpc) is 3.23. The molecule has 0 aliphatic carbocycles. The summed E-state index contributed by atoms with van der Waals surface area (Å²) in [4.78, 5) is 23.7. The molecular formula is C24H22N4O4. The molecule has 162 valence electrons. The van der Waals surface area contributed by atoms with Crippen LogP contribution in [0.4, 0.5) is 5.69 Å². The minimum atomic E-state index is -0.655. The van der Waals surface area contributed by atoms with Gasteiger partial charge in [0.05, 0.1) is 31.2 Å². The highest BCUT2D eigenvalue weighted by Gasteiger charge is 2.22. The van der Waals surface area contributed by atoms with E-state index in [9.17, 15) is 9.59 Å². The summed E-state index contributed by atoms with van der Waals surface area (Å²) in [5.74, 6) is 0.289. The lowest BCUT2D eigenvalue weighted by Gasteiger charge is -2.17. The van der Waals surface area contributed by atoms with Crippen molar-refractivity contribution < 1.29 is 19.1 Å². The molecule has 0 bridgehead atoms. The second-order valence-corrected chi connectivity index (χ2v) is 7.09. The summed E-state index contributed by atoms with van der Waals surface area (Å²) in [6.07, 6.45) is 0. The Labute approximate surface area is 184 Å². The summed E-state index contributed by atoms with van der Waals surface area (Å²) in [6.45, 7) is 1.46. The van der Waals surface area contributed by atoms with Crippen LogP contribution in [0, 0.1) is 0 Å². The van der Waals surface area contributed by atoms with Crippen molar-refractivity contribution in [3.63, 3.8) is 0 Å². The maximum atomic E-state index is 12.0. The zero-order chi connectivity index (χ0) is 22.8. The van der Waals surface area contributed by atoms with Gasteiger partial charge in [-0.2, -0.15) is 5.10 Å². The molecule has 4 aromatic rings. The molecule has 32 heavy (non-hydrogen) atoms. The first kappa shape index (κ1) is 20.9. The third-order valence-corrected chi connectivity index (χ3v) is 5.09. The lowest BCUT2D eigenvalue weighted by atomic mass is 10.0. The molecule has 0 spiro atoms. The van der Waals surface area contributed by atoms with Gasteiger partial charge >= 0.3 is 0 Å². The van der Waals surface area contributed by atoms with Gasteiger partial charge in [-0.15, -0.1) is 0 Å². The summed E-state index contributed by atoms with van der Waals surface area (Å²) in [6, 6.07) is 18.3. The minimum Gasteiger partial charge on any atom is -0.496 e. The minimum absolute atomic E-state index is 0.1000. The molecule has 3 aromatic carbocycles. The van der Waals surface area contributed by atoms with Crippen molar-refractivity contribution in [3.8, 4) is 28.4 Å². The lowest BCUT2D eigenvalue weighted by Crippen LogP contribution is -2.12. The number of nitrogens with zero attached hydrogens (tertiary/aromatic N) is 2. The monoisotopic (exact) mass is 430 g/mol. The van der Waals surface area contributed by atoms with Crippen molar-refractivity contribution in [1.29, 1.82) is 0 Å². The van der Waals surface area contributed by atoms with E-state index in [1.54, 1.807) is 43.2 Å². The van der Waals surface area contributed by atoms with Crippen molar-refractivity contribution in [2.75, 3.05) is 19.5 Å². The zero-order valence-electron chi connectivity index (χ0n) is 17.9. The van der Waals surface area contributed by atoms with Crippen molar-refractivity contribution in [1.82, 2.24) is 9.78 Å². The molecule has 0 saturated heterocycles. The Morgan fingerprint density at radius 1 is 0.938 bits per heavy atom. The maximum absolute atomic E-state index is 12.0. The number of carbonyl (C=O) groups excluding carboxylic acids is 2. The van der Waals surface area contributed by atoms with Crippen LogP contribution in [0.2, 0.25) is 0 Å². The van der Waals surface area contributed by atoms with E-state index in [2.05, 4.69) is 10.4 Å². The Morgan fingerprint density at radius 3 is 2.19 bits per heavy atom. The quantitative estimate of drug-likeness (QED) is 0.484. The number of aromatic nitrogens is 2. The number of hydrogen-bond donors (Lipinski definition) is 2. The Kier molecular flexibility index (Phi) is 5.51. The third-order valence-electron chi connectivity index (χ3n) is 5.09. The Hall–Kier alpha value is -4.33. The number of anilines is 1. The molecule has 3 N–H and O–H groups in total. The number of benzene rings is 3. The summed E-state index contributed by atoms with van der Waals surface area (Å²) in [7, 11) is 3.12. The van der Waals surface area contributed by atoms with E-state index >= 15 is 0 Å². The number of hydrogen-bond acceptors (Lipinski definition) is 5. The van der Waals surface area contributed by atoms with Gasteiger partial charge < -0.3 is 20.5 Å². The average molecular weight is 430 g/mol. The highest BCUT2D eigenvalue weighted by molar-refractivity contribution is 6.05. The van der Waals surface area contributed by atoms with E-state index in [-0.39, 0.29) is 11.6 Å². The highest BCUT2D eigenvalue weighted by atomic mass is 16.5. The smallest absolute Gasteiger partial charge is 0.269 e. The van der Waals surface area contributed by atoms with Crippen LogP contribution in [0.1, 0.15) is 17.4 Å². The number of methoxy groups -OCH3 is 2. The Bertz CT molecular complexity index is 1320. The number of rotatable bonds is 6. The fraction of sp³-hybridized carbons (Fsp3) is 0.125. The van der Waals surface area contributed by atoms with Gasteiger partial charge in [0.2, 0.25) is 5.91 Å². The number of ether oxygens (including phenoxy) is 2. The molecular weight excluding hydrogens is 408 g/mol. The second kappa shape index (κ2) is 8.43. The molecule has 0 atom stereocenters. The van der Waals surface area contributed by atoms with Crippen molar-refractivity contribution in [2.24, 2.45) is 5.73 Å². The van der Waals surface area contributed by atoms with Crippen molar-refractivity contribution in [2.45, 2.75) is 6.92 Å². The predicted octanol–water partition coefficient (Wildman–Crippen LogP) is 3.77. The third kappa shape index (κ3) is 3.62. The first-order valence-corrected chi connectivity index (χ1v) is 9.85. The topological polar surface area (TPSA) is 108 Å². The molecule has 0 aliphatic heterocycles. The number of primary amides is 1. The van der Waals surface area contributed by atoms with Crippen LogP contribution in [0.25, 0.3) is 27.7 Å². The van der Waals surface area contributed by atoms with E-state index in [4.69, 9.17) is 15.2 Å². The van der Waals surface area contributed by atoms with E-state index in [1.165, 1.54) is 6.92 Å². The first-order valence-electron chi connectivity index (χ1n) is 9.85. The molecule has 0 aliphatic rings. The highest BCUT2D eigenvalue weighted by Crippen LogP contribution is 2.40. The fourth-order valence-corrected chi connectivity index (χ4v) is 3.73. The van der Waals surface area contributed by atoms with Crippen LogP contribution in [0.5, 0.6) is 11.5 Å². The molecule has 0 saturated carbocycles. The van der Waals surface area contributed by atoms with Gasteiger partial charge in [-0.3, -0.25) is 9.59 Å². The summed E-state index contributed by atoms with van der Waals surface area (Å²) in [5.41, 5.74) is 8.24. The van der Waals surface area contributed by atoms with Crippen LogP contribution in [-0.2, 0) is 4.79 Å². The largest absolute Gasteiger partial charge is 0.496 e. The Balaban J connectivity index is 2.05. The number of fused-ring (bicyclic) bond motifs is 1. The van der Waals surface area contributed by atoms with Gasteiger partial charge in [-0.1, -0.05) is 30.3 Å². The number of carbonyl (C=O) groups is 2. The van der Waals surface area contributed by atoms with Crippen LogP contribution < -0.4 is 20.5 Å². The van der Waals surface area contributed by atoms with Gasteiger partial charge in [-0.25, -0.2) is 4.68 Å². The number of nitrogens with two attached hydrogens (primary N) is 1. The van der Waals surface area contributed by atoms with Crippen LogP contribution in [0.3, 0.4) is 0 Å². The van der Waals surface area contributed by atoms with E-state index in [0.29, 0.717) is 34.1 Å². The summed E-state index contributed by atoms with van der Waals surface area (Å²) in [5, 5.41) is 9.00. The van der Waals surface area contributed by atoms with Crippen LogP contribution in [-0.4, -0.2) is 35.8 Å². The predicted molar refractivity (Wildman–Crippen MR) is 122 cm³/mol. The van der Waals surface area contributed by atoms with E-state index in [1.807, 2.05) is 36.4 Å². The van der Waals surface area contributed by atoms with Crippen LogP contribution in [0.15, 0.2) is 60.7 Å². The first-order chi connectivity index (χ1) is 15.4. The van der Waals surface area contributed by atoms with Crippen LogP contribution >= 0.6 is 0 Å². The molecule has 0 unspecified atom stereocenters.